The Bertz CT molecular complexity index is 397. The van der Waals surface area contributed by atoms with Gasteiger partial charge in [0.25, 0.3) is 0 Å². The molecule has 1 unspecified atom stereocenters. The van der Waals surface area contributed by atoms with Crippen molar-refractivity contribution in [1.82, 2.24) is 0 Å². The Morgan fingerprint density at radius 3 is 2.62 bits per heavy atom. The molecular formula is C12H16NO2P. The topological polar surface area (TPSA) is 50.1 Å². The fourth-order valence-corrected chi connectivity index (χ4v) is 3.56. The van der Waals surface area contributed by atoms with E-state index in [0.717, 1.165) is 5.56 Å². The molecule has 1 atom stereocenters. The molecule has 0 aliphatic rings. The molecule has 0 bridgehead atoms. The number of hydrogen-bond donors (Lipinski definition) is 0. The van der Waals surface area contributed by atoms with Gasteiger partial charge < -0.3 is 4.52 Å². The van der Waals surface area contributed by atoms with Gasteiger partial charge in [-0.3, -0.25) is 4.57 Å². The lowest BCUT2D eigenvalue weighted by atomic mass is 10.2. The number of nitrogens with zero attached hydrogens (tertiary/aromatic N) is 1. The highest BCUT2D eigenvalue weighted by Crippen LogP contribution is 2.50. The average Bonchev–Trinajstić information content (AvgIpc) is 2.28. The van der Waals surface area contributed by atoms with Crippen molar-refractivity contribution in [2.24, 2.45) is 0 Å². The maximum absolute atomic E-state index is 12.4. The minimum absolute atomic E-state index is 0.282. The second-order valence-corrected chi connectivity index (χ2v) is 6.16. The lowest BCUT2D eigenvalue weighted by molar-refractivity contribution is 0.332. The van der Waals surface area contributed by atoms with Gasteiger partial charge in [-0.2, -0.15) is 5.26 Å². The van der Waals surface area contributed by atoms with Gasteiger partial charge in [0.05, 0.1) is 12.7 Å². The summed E-state index contributed by atoms with van der Waals surface area (Å²) in [7, 11) is -2.68. The van der Waals surface area contributed by atoms with Crippen molar-refractivity contribution in [3.63, 3.8) is 0 Å². The summed E-state index contributed by atoms with van der Waals surface area (Å²) in [6.07, 6.45) is 1.04. The van der Waals surface area contributed by atoms with Crippen molar-refractivity contribution in [3.8, 4) is 6.07 Å². The lowest BCUT2D eigenvalue weighted by Gasteiger charge is -2.16. The molecule has 0 spiro atoms. The molecule has 4 heteroatoms. The molecule has 0 heterocycles. The molecule has 0 N–H and O–H groups in total. The first-order valence-electron chi connectivity index (χ1n) is 5.33. The highest BCUT2D eigenvalue weighted by molar-refractivity contribution is 7.58. The van der Waals surface area contributed by atoms with Crippen LogP contribution in [-0.4, -0.2) is 12.8 Å². The van der Waals surface area contributed by atoms with Crippen LogP contribution >= 0.6 is 7.37 Å². The minimum Gasteiger partial charge on any atom is -0.328 e. The van der Waals surface area contributed by atoms with Crippen molar-refractivity contribution < 1.29 is 9.09 Å². The first-order chi connectivity index (χ1) is 7.70. The summed E-state index contributed by atoms with van der Waals surface area (Å²) in [5, 5.41) is 8.54. The summed E-state index contributed by atoms with van der Waals surface area (Å²) in [4.78, 5) is 0. The van der Waals surface area contributed by atoms with Crippen LogP contribution in [0.25, 0.3) is 0 Å². The van der Waals surface area contributed by atoms with E-state index in [0.29, 0.717) is 18.9 Å². The SMILES string of the molecule is CCOP(=O)(CCC#N)Cc1ccccc1. The minimum atomic E-state index is -2.68. The van der Waals surface area contributed by atoms with E-state index in [2.05, 4.69) is 0 Å². The Hall–Kier alpha value is -1.10. The Kier molecular flexibility index (Phi) is 5.25. The normalized spacial score (nSPS) is 14.0. The Morgan fingerprint density at radius 2 is 2.06 bits per heavy atom. The molecule has 0 saturated carbocycles. The quantitative estimate of drug-likeness (QED) is 0.712. The zero-order valence-corrected chi connectivity index (χ0v) is 10.3. The Balaban J connectivity index is 2.71. The van der Waals surface area contributed by atoms with Crippen molar-refractivity contribution in [1.29, 1.82) is 5.26 Å². The van der Waals surface area contributed by atoms with E-state index in [9.17, 15) is 4.57 Å². The van der Waals surface area contributed by atoms with Gasteiger partial charge in [-0.25, -0.2) is 0 Å². The molecule has 0 fully saturated rings. The summed E-state index contributed by atoms with van der Waals surface area (Å²) >= 11 is 0. The van der Waals surface area contributed by atoms with Gasteiger partial charge in [0.15, 0.2) is 0 Å². The third-order valence-electron chi connectivity index (χ3n) is 2.19. The summed E-state index contributed by atoms with van der Waals surface area (Å²) in [6, 6.07) is 11.6. The number of nitriles is 1. The molecule has 0 aliphatic heterocycles. The molecule has 0 saturated heterocycles. The third-order valence-corrected chi connectivity index (χ3v) is 4.68. The van der Waals surface area contributed by atoms with Crippen LogP contribution in [0.5, 0.6) is 0 Å². The molecule has 86 valence electrons. The van der Waals surface area contributed by atoms with Crippen LogP contribution in [-0.2, 0) is 15.3 Å². The Labute approximate surface area is 96.5 Å². The monoisotopic (exact) mass is 237 g/mol. The van der Waals surface area contributed by atoms with E-state index >= 15 is 0 Å². The number of hydrogen-bond acceptors (Lipinski definition) is 3. The van der Waals surface area contributed by atoms with Crippen molar-refractivity contribution in [2.75, 3.05) is 12.8 Å². The molecule has 1 aromatic rings. The molecular weight excluding hydrogens is 221 g/mol. The number of benzene rings is 1. The predicted molar refractivity (Wildman–Crippen MR) is 64.5 cm³/mol. The fourth-order valence-electron chi connectivity index (χ4n) is 1.51. The van der Waals surface area contributed by atoms with E-state index in [4.69, 9.17) is 9.79 Å². The number of rotatable bonds is 6. The van der Waals surface area contributed by atoms with Gasteiger partial charge in [0, 0.05) is 18.7 Å². The van der Waals surface area contributed by atoms with Crippen LogP contribution < -0.4 is 0 Å². The van der Waals surface area contributed by atoms with Crippen LogP contribution in [0.2, 0.25) is 0 Å². The van der Waals surface area contributed by atoms with Crippen LogP contribution in [0.4, 0.5) is 0 Å². The zero-order valence-electron chi connectivity index (χ0n) is 9.43. The first kappa shape index (κ1) is 13.0. The smallest absolute Gasteiger partial charge is 0.208 e. The summed E-state index contributed by atoms with van der Waals surface area (Å²) in [5.41, 5.74) is 0.997. The largest absolute Gasteiger partial charge is 0.328 e. The Morgan fingerprint density at radius 1 is 1.38 bits per heavy atom. The van der Waals surface area contributed by atoms with E-state index < -0.39 is 7.37 Å². The molecule has 1 rings (SSSR count). The predicted octanol–water partition coefficient (Wildman–Crippen LogP) is 3.41. The average molecular weight is 237 g/mol. The molecule has 16 heavy (non-hydrogen) atoms. The third kappa shape index (κ3) is 4.18. The molecule has 0 aliphatic carbocycles. The van der Waals surface area contributed by atoms with E-state index in [-0.39, 0.29) is 6.42 Å². The van der Waals surface area contributed by atoms with Crippen molar-refractivity contribution >= 4 is 7.37 Å². The van der Waals surface area contributed by atoms with Crippen molar-refractivity contribution in [2.45, 2.75) is 19.5 Å². The van der Waals surface area contributed by atoms with Gasteiger partial charge in [0.1, 0.15) is 0 Å². The van der Waals surface area contributed by atoms with Gasteiger partial charge in [-0.1, -0.05) is 30.3 Å². The summed E-state index contributed by atoms with van der Waals surface area (Å²) in [6.45, 7) is 2.25. The fraction of sp³-hybridized carbons (Fsp3) is 0.417. The lowest BCUT2D eigenvalue weighted by Crippen LogP contribution is -1.98. The molecule has 3 nitrogen and oxygen atoms in total. The second kappa shape index (κ2) is 6.48. The van der Waals surface area contributed by atoms with Crippen molar-refractivity contribution in [3.05, 3.63) is 35.9 Å². The highest BCUT2D eigenvalue weighted by atomic mass is 31.2. The van der Waals surface area contributed by atoms with E-state index in [1.165, 1.54) is 0 Å². The van der Waals surface area contributed by atoms with Crippen LogP contribution in [0, 0.1) is 11.3 Å². The maximum atomic E-state index is 12.4. The van der Waals surface area contributed by atoms with Gasteiger partial charge in [-0.15, -0.1) is 0 Å². The first-order valence-corrected chi connectivity index (χ1v) is 7.33. The van der Waals surface area contributed by atoms with E-state index in [1.807, 2.05) is 43.3 Å². The summed E-state index contributed by atoms with van der Waals surface area (Å²) in [5.74, 6) is 0. The maximum Gasteiger partial charge on any atom is 0.208 e. The highest BCUT2D eigenvalue weighted by Gasteiger charge is 2.22. The van der Waals surface area contributed by atoms with Crippen LogP contribution in [0.1, 0.15) is 18.9 Å². The standard InChI is InChI=1S/C12H16NO2P/c1-2-15-16(14,10-6-9-13)11-12-7-4-3-5-8-12/h3-5,7-8H,2,6,10-11H2,1H3. The molecule has 0 aromatic heterocycles. The van der Waals surface area contributed by atoms with Crippen LogP contribution in [0.15, 0.2) is 30.3 Å². The van der Waals surface area contributed by atoms with Gasteiger partial charge >= 0.3 is 0 Å². The summed E-state index contributed by atoms with van der Waals surface area (Å²) < 4.78 is 17.7. The molecule has 1 aromatic carbocycles. The van der Waals surface area contributed by atoms with Gasteiger partial charge in [-0.05, 0) is 12.5 Å². The molecule has 0 radical (unpaired) electrons. The second-order valence-electron chi connectivity index (χ2n) is 3.51. The zero-order chi connectivity index (χ0) is 11.9. The molecule has 0 amide bonds. The van der Waals surface area contributed by atoms with Gasteiger partial charge in [0.2, 0.25) is 7.37 Å². The van der Waals surface area contributed by atoms with Crippen LogP contribution in [0.3, 0.4) is 0 Å². The van der Waals surface area contributed by atoms with E-state index in [1.54, 1.807) is 0 Å².